The van der Waals surface area contributed by atoms with Gasteiger partial charge in [0.05, 0.1) is 5.69 Å². The summed E-state index contributed by atoms with van der Waals surface area (Å²) < 4.78 is 1.90. The number of hydrogen-bond donors (Lipinski definition) is 0. The molecule has 0 spiro atoms. The van der Waals surface area contributed by atoms with E-state index in [9.17, 15) is 0 Å². The van der Waals surface area contributed by atoms with Crippen molar-refractivity contribution in [2.45, 2.75) is 33.6 Å². The molecular formula is C13H20N2S. The molecule has 0 atom stereocenters. The van der Waals surface area contributed by atoms with Crippen molar-refractivity contribution < 1.29 is 0 Å². The summed E-state index contributed by atoms with van der Waals surface area (Å²) in [5.74, 6) is 0. The van der Waals surface area contributed by atoms with Crippen LogP contribution in [0.3, 0.4) is 0 Å². The number of nitrogens with zero attached hydrogens (tertiary/aromatic N) is 2. The molecule has 0 N–H and O–H groups in total. The van der Waals surface area contributed by atoms with E-state index in [1.54, 1.807) is 11.8 Å². The van der Waals surface area contributed by atoms with Crippen LogP contribution >= 0.6 is 11.8 Å². The molecule has 0 unspecified atom stereocenters. The zero-order valence-corrected chi connectivity index (χ0v) is 11.4. The lowest BCUT2D eigenvalue weighted by atomic mass is 9.99. The highest BCUT2D eigenvalue weighted by Gasteiger charge is 2.18. The minimum Gasteiger partial charge on any atom is -0.275 e. The Balaban J connectivity index is 0.000000606. The summed E-state index contributed by atoms with van der Waals surface area (Å²) in [4.78, 5) is 1.41. The van der Waals surface area contributed by atoms with Crippen molar-refractivity contribution in [2.75, 3.05) is 0 Å². The summed E-state index contributed by atoms with van der Waals surface area (Å²) in [6, 6.07) is 0. The van der Waals surface area contributed by atoms with Crippen molar-refractivity contribution in [1.29, 1.82) is 0 Å². The van der Waals surface area contributed by atoms with Crippen LogP contribution in [0.5, 0.6) is 0 Å². The number of aromatic nitrogens is 2. The Bertz CT molecular complexity index is 402. The van der Waals surface area contributed by atoms with Crippen LogP contribution in [0.4, 0.5) is 0 Å². The van der Waals surface area contributed by atoms with Crippen LogP contribution in [0.1, 0.15) is 38.4 Å². The van der Waals surface area contributed by atoms with Crippen molar-refractivity contribution in [3.63, 3.8) is 0 Å². The van der Waals surface area contributed by atoms with E-state index in [0.717, 1.165) is 12.8 Å². The third kappa shape index (κ3) is 2.59. The van der Waals surface area contributed by atoms with Gasteiger partial charge in [-0.15, -0.1) is 11.8 Å². The maximum Gasteiger partial charge on any atom is 0.0919 e. The molecule has 0 aromatic carbocycles. The highest BCUT2D eigenvalue weighted by molar-refractivity contribution is 8.06. The summed E-state index contributed by atoms with van der Waals surface area (Å²) in [5, 5.41) is 6.37. The number of allylic oxidation sites excluding steroid dienone is 2. The van der Waals surface area contributed by atoms with Crippen molar-refractivity contribution in [3.8, 4) is 0 Å². The minimum absolute atomic E-state index is 1.11. The predicted octanol–water partition coefficient (Wildman–Crippen LogP) is 4.00. The van der Waals surface area contributed by atoms with E-state index in [1.165, 1.54) is 21.7 Å². The Morgan fingerprint density at radius 1 is 1.44 bits per heavy atom. The summed E-state index contributed by atoms with van der Waals surface area (Å²) in [6.45, 7) is 9.90. The molecule has 0 saturated carbocycles. The van der Waals surface area contributed by atoms with Crippen LogP contribution in [-0.2, 0) is 13.5 Å². The zero-order chi connectivity index (χ0) is 12.1. The van der Waals surface area contributed by atoms with Crippen LogP contribution in [0.2, 0.25) is 0 Å². The number of fused-ring (bicyclic) bond motifs is 1. The summed E-state index contributed by atoms with van der Waals surface area (Å²) in [7, 11) is 1.98. The Labute approximate surface area is 102 Å². The van der Waals surface area contributed by atoms with Gasteiger partial charge in [0.25, 0.3) is 0 Å². The molecule has 2 rings (SSSR count). The molecule has 1 heterocycles. The normalized spacial score (nSPS) is 14.0. The van der Waals surface area contributed by atoms with Gasteiger partial charge in [0.15, 0.2) is 0 Å². The predicted molar refractivity (Wildman–Crippen MR) is 73.3 cm³/mol. The molecule has 0 aliphatic heterocycles. The molecule has 1 aromatic rings. The molecule has 1 aliphatic rings. The van der Waals surface area contributed by atoms with Crippen LogP contribution in [0.15, 0.2) is 23.1 Å². The first-order valence-electron chi connectivity index (χ1n) is 5.72. The van der Waals surface area contributed by atoms with Crippen LogP contribution in [0, 0.1) is 0 Å². The molecule has 0 bridgehead atoms. The largest absolute Gasteiger partial charge is 0.275 e. The van der Waals surface area contributed by atoms with Gasteiger partial charge in [-0.3, -0.25) is 4.68 Å². The van der Waals surface area contributed by atoms with Gasteiger partial charge in [0.2, 0.25) is 0 Å². The fraction of sp³-hybridized carbons (Fsp3) is 0.462. The summed E-state index contributed by atoms with van der Waals surface area (Å²) >= 11 is 1.73. The van der Waals surface area contributed by atoms with Gasteiger partial charge in [0, 0.05) is 13.2 Å². The molecule has 88 valence electrons. The molecule has 16 heavy (non-hydrogen) atoms. The lowest BCUT2D eigenvalue weighted by Gasteiger charge is -2.14. The van der Waals surface area contributed by atoms with E-state index in [-0.39, 0.29) is 0 Å². The van der Waals surface area contributed by atoms with Crippen molar-refractivity contribution in [3.05, 3.63) is 34.3 Å². The highest BCUT2D eigenvalue weighted by Crippen LogP contribution is 2.36. The van der Waals surface area contributed by atoms with E-state index >= 15 is 0 Å². The Morgan fingerprint density at radius 2 is 2.12 bits per heavy atom. The first-order chi connectivity index (χ1) is 7.72. The van der Waals surface area contributed by atoms with Gasteiger partial charge in [0.1, 0.15) is 0 Å². The van der Waals surface area contributed by atoms with Crippen molar-refractivity contribution in [2.24, 2.45) is 7.05 Å². The summed E-state index contributed by atoms with van der Waals surface area (Å²) in [5.41, 5.74) is 3.86. The average molecular weight is 236 g/mol. The van der Waals surface area contributed by atoms with Crippen molar-refractivity contribution >= 4 is 17.3 Å². The number of thioether (sulfide) groups is 1. The monoisotopic (exact) mass is 236 g/mol. The second kappa shape index (κ2) is 5.94. The average Bonchev–Trinajstić information content (AvgIpc) is 2.67. The second-order valence-electron chi connectivity index (χ2n) is 3.51. The maximum atomic E-state index is 4.48. The Hall–Kier alpha value is -0.960. The van der Waals surface area contributed by atoms with E-state index in [1.807, 2.05) is 31.0 Å². The third-order valence-corrected chi connectivity index (χ3v) is 3.49. The minimum atomic E-state index is 1.11. The zero-order valence-electron chi connectivity index (χ0n) is 10.6. The van der Waals surface area contributed by atoms with Gasteiger partial charge in [-0.2, -0.15) is 5.10 Å². The molecule has 0 amide bonds. The fourth-order valence-electron chi connectivity index (χ4n) is 1.85. The molecular weight excluding hydrogens is 216 g/mol. The Morgan fingerprint density at radius 3 is 2.75 bits per heavy atom. The van der Waals surface area contributed by atoms with Gasteiger partial charge in [-0.25, -0.2) is 0 Å². The molecule has 1 aliphatic carbocycles. The first-order valence-corrected chi connectivity index (χ1v) is 6.60. The standard InChI is InChI=1S/C11H14N2S.C2H6/c1-4-14-10-6-5-9-7-13(3)12-11(9)8(10)2;1-2/h4,7H,1,5-6H2,2-3H3;1-2H3. The van der Waals surface area contributed by atoms with E-state index in [2.05, 4.69) is 24.8 Å². The first kappa shape index (κ1) is 13.1. The summed E-state index contributed by atoms with van der Waals surface area (Å²) in [6.07, 6.45) is 4.35. The molecule has 1 aromatic heterocycles. The maximum absolute atomic E-state index is 4.48. The SMILES string of the molecule is C=CSC1=C(C)c2nn(C)cc2CC1.CC. The highest BCUT2D eigenvalue weighted by atomic mass is 32.2. The second-order valence-corrected chi connectivity index (χ2v) is 4.57. The topological polar surface area (TPSA) is 17.8 Å². The van der Waals surface area contributed by atoms with E-state index in [4.69, 9.17) is 0 Å². The van der Waals surface area contributed by atoms with Crippen LogP contribution < -0.4 is 0 Å². The molecule has 0 saturated heterocycles. The van der Waals surface area contributed by atoms with Gasteiger partial charge in [-0.05, 0) is 41.2 Å². The van der Waals surface area contributed by atoms with E-state index < -0.39 is 0 Å². The smallest absolute Gasteiger partial charge is 0.0919 e. The van der Waals surface area contributed by atoms with Crippen LogP contribution in [0.25, 0.3) is 5.57 Å². The molecule has 2 nitrogen and oxygen atoms in total. The van der Waals surface area contributed by atoms with Gasteiger partial charge >= 0.3 is 0 Å². The van der Waals surface area contributed by atoms with Crippen LogP contribution in [-0.4, -0.2) is 9.78 Å². The Kier molecular flexibility index (Phi) is 4.87. The van der Waals surface area contributed by atoms with E-state index in [0.29, 0.717) is 0 Å². The lowest BCUT2D eigenvalue weighted by Crippen LogP contribution is -1.99. The van der Waals surface area contributed by atoms with Gasteiger partial charge in [-0.1, -0.05) is 20.4 Å². The molecule has 0 fully saturated rings. The van der Waals surface area contributed by atoms with Crippen molar-refractivity contribution in [1.82, 2.24) is 9.78 Å². The molecule has 3 heteroatoms. The fourth-order valence-corrected chi connectivity index (χ4v) is 2.55. The third-order valence-electron chi connectivity index (χ3n) is 2.53. The number of aryl methyl sites for hydroxylation is 2. The van der Waals surface area contributed by atoms with Gasteiger partial charge < -0.3 is 0 Å². The quantitative estimate of drug-likeness (QED) is 0.772. The number of hydrogen-bond acceptors (Lipinski definition) is 2. The number of rotatable bonds is 2. The lowest BCUT2D eigenvalue weighted by molar-refractivity contribution is 0.763. The molecule has 0 radical (unpaired) electrons.